The number of aliphatic carboxylic acids is 1. The molecule has 1 unspecified atom stereocenters. The van der Waals surface area contributed by atoms with E-state index >= 15 is 0 Å². The van der Waals surface area contributed by atoms with Gasteiger partial charge in [0.25, 0.3) is 0 Å². The molecule has 1 saturated carbocycles. The summed E-state index contributed by atoms with van der Waals surface area (Å²) in [5.74, 6) is -1.10. The highest BCUT2D eigenvalue weighted by Gasteiger charge is 2.45. The summed E-state index contributed by atoms with van der Waals surface area (Å²) in [6.45, 7) is 6.27. The van der Waals surface area contributed by atoms with Gasteiger partial charge in [0, 0.05) is 12.1 Å². The van der Waals surface area contributed by atoms with Crippen molar-refractivity contribution in [3.63, 3.8) is 0 Å². The quantitative estimate of drug-likeness (QED) is 0.865. The van der Waals surface area contributed by atoms with Crippen LogP contribution in [0.4, 0.5) is 0 Å². The molecule has 2 fully saturated rings. The summed E-state index contributed by atoms with van der Waals surface area (Å²) in [6.07, 6.45) is 5.63. The minimum Gasteiger partial charge on any atom is -0.481 e. The van der Waals surface area contributed by atoms with E-state index in [1.54, 1.807) is 0 Å². The SMILES string of the molecule is CCC1C[C@H](C(=O)N2[C@H](C)CCC[C@@H]2C)[C@H](C(=O)O)C1. The molecule has 4 heteroatoms. The summed E-state index contributed by atoms with van der Waals surface area (Å²) in [5.41, 5.74) is 0. The lowest BCUT2D eigenvalue weighted by Crippen LogP contribution is -2.50. The van der Waals surface area contributed by atoms with E-state index in [2.05, 4.69) is 20.8 Å². The average Bonchev–Trinajstić information content (AvgIpc) is 2.82. The molecule has 2 rings (SSSR count). The largest absolute Gasteiger partial charge is 0.481 e. The monoisotopic (exact) mass is 281 g/mol. The first kappa shape index (κ1) is 15.3. The number of likely N-dealkylation sites (tertiary alicyclic amines) is 1. The zero-order valence-electron chi connectivity index (χ0n) is 12.8. The normalized spacial score (nSPS) is 38.0. The van der Waals surface area contributed by atoms with Gasteiger partial charge in [-0.15, -0.1) is 0 Å². The molecule has 20 heavy (non-hydrogen) atoms. The fourth-order valence-electron chi connectivity index (χ4n) is 4.07. The molecule has 2 aliphatic rings. The fraction of sp³-hybridized carbons (Fsp3) is 0.875. The van der Waals surface area contributed by atoms with Crippen molar-refractivity contribution in [3.05, 3.63) is 0 Å². The van der Waals surface area contributed by atoms with Gasteiger partial charge in [-0.1, -0.05) is 13.3 Å². The number of hydrogen-bond acceptors (Lipinski definition) is 2. The Bertz CT molecular complexity index is 372. The number of rotatable bonds is 3. The Hall–Kier alpha value is -1.06. The van der Waals surface area contributed by atoms with Gasteiger partial charge in [0.15, 0.2) is 0 Å². The van der Waals surface area contributed by atoms with Crippen LogP contribution in [0, 0.1) is 17.8 Å². The Kier molecular flexibility index (Phi) is 4.71. The summed E-state index contributed by atoms with van der Waals surface area (Å²) in [4.78, 5) is 26.3. The van der Waals surface area contributed by atoms with Crippen LogP contribution in [0.2, 0.25) is 0 Å². The number of hydrogen-bond donors (Lipinski definition) is 1. The van der Waals surface area contributed by atoms with Crippen molar-refractivity contribution in [1.29, 1.82) is 0 Å². The van der Waals surface area contributed by atoms with Crippen LogP contribution in [-0.2, 0) is 9.59 Å². The third-order valence-corrected chi connectivity index (χ3v) is 5.32. The number of carbonyl (C=O) groups excluding carboxylic acids is 1. The van der Waals surface area contributed by atoms with Gasteiger partial charge in [0.05, 0.1) is 11.8 Å². The van der Waals surface area contributed by atoms with Crippen LogP contribution in [0.1, 0.15) is 59.3 Å². The molecule has 4 nitrogen and oxygen atoms in total. The van der Waals surface area contributed by atoms with Gasteiger partial charge in [-0.05, 0) is 51.9 Å². The van der Waals surface area contributed by atoms with E-state index < -0.39 is 11.9 Å². The number of nitrogens with zero attached hydrogens (tertiary/aromatic N) is 1. The number of carbonyl (C=O) groups is 2. The van der Waals surface area contributed by atoms with Gasteiger partial charge in [-0.2, -0.15) is 0 Å². The third-order valence-electron chi connectivity index (χ3n) is 5.32. The van der Waals surface area contributed by atoms with Crippen molar-refractivity contribution in [1.82, 2.24) is 4.90 Å². The maximum absolute atomic E-state index is 12.9. The molecule has 0 spiro atoms. The van der Waals surface area contributed by atoms with Crippen LogP contribution in [0.3, 0.4) is 0 Å². The second kappa shape index (κ2) is 6.15. The van der Waals surface area contributed by atoms with E-state index in [9.17, 15) is 14.7 Å². The summed E-state index contributed by atoms with van der Waals surface area (Å²) in [7, 11) is 0. The van der Waals surface area contributed by atoms with Gasteiger partial charge in [-0.3, -0.25) is 9.59 Å². The van der Waals surface area contributed by atoms with E-state index in [0.29, 0.717) is 12.3 Å². The predicted molar refractivity (Wildman–Crippen MR) is 77.3 cm³/mol. The second-order valence-corrected chi connectivity index (χ2v) is 6.67. The molecule has 1 saturated heterocycles. The van der Waals surface area contributed by atoms with Crippen LogP contribution in [0.25, 0.3) is 0 Å². The van der Waals surface area contributed by atoms with Crippen molar-refractivity contribution in [3.8, 4) is 0 Å². The standard InChI is InChI=1S/C16H27NO3/c1-4-12-8-13(14(9-12)16(19)20)15(18)17-10(2)6-5-7-11(17)3/h10-14H,4-9H2,1-3H3,(H,19,20)/t10-,11+,12?,13-,14+/m0/s1. The molecule has 1 aliphatic carbocycles. The molecule has 1 amide bonds. The number of carboxylic acid groups (broad SMARTS) is 1. The Balaban J connectivity index is 2.15. The highest BCUT2D eigenvalue weighted by atomic mass is 16.4. The molecule has 0 bridgehead atoms. The van der Waals surface area contributed by atoms with Crippen molar-refractivity contribution >= 4 is 11.9 Å². The molecule has 114 valence electrons. The van der Waals surface area contributed by atoms with E-state index in [1.807, 2.05) is 4.90 Å². The summed E-state index contributed by atoms with van der Waals surface area (Å²) in [5, 5.41) is 9.41. The average molecular weight is 281 g/mol. The summed E-state index contributed by atoms with van der Waals surface area (Å²) >= 11 is 0. The molecule has 0 aromatic heterocycles. The lowest BCUT2D eigenvalue weighted by Gasteiger charge is -2.41. The maximum Gasteiger partial charge on any atom is 0.307 e. The minimum atomic E-state index is -0.795. The third kappa shape index (κ3) is 2.84. The topological polar surface area (TPSA) is 57.6 Å². The van der Waals surface area contributed by atoms with Crippen LogP contribution in [0.5, 0.6) is 0 Å². The zero-order chi connectivity index (χ0) is 14.9. The van der Waals surface area contributed by atoms with Gasteiger partial charge in [0.1, 0.15) is 0 Å². The van der Waals surface area contributed by atoms with Gasteiger partial charge in [-0.25, -0.2) is 0 Å². The van der Waals surface area contributed by atoms with E-state index in [4.69, 9.17) is 0 Å². The Morgan fingerprint density at radius 3 is 2.15 bits per heavy atom. The molecule has 1 heterocycles. The lowest BCUT2D eigenvalue weighted by atomic mass is 9.90. The summed E-state index contributed by atoms with van der Waals surface area (Å²) < 4.78 is 0. The molecular formula is C16H27NO3. The van der Waals surface area contributed by atoms with Crippen LogP contribution in [0.15, 0.2) is 0 Å². The maximum atomic E-state index is 12.9. The van der Waals surface area contributed by atoms with E-state index in [1.165, 1.54) is 0 Å². The number of amides is 1. The molecule has 5 atom stereocenters. The van der Waals surface area contributed by atoms with E-state index in [0.717, 1.165) is 32.1 Å². The van der Waals surface area contributed by atoms with Crippen LogP contribution < -0.4 is 0 Å². The number of carboxylic acids is 1. The van der Waals surface area contributed by atoms with Crippen molar-refractivity contribution in [2.75, 3.05) is 0 Å². The van der Waals surface area contributed by atoms with Gasteiger partial charge in [0.2, 0.25) is 5.91 Å². The smallest absolute Gasteiger partial charge is 0.307 e. The summed E-state index contributed by atoms with van der Waals surface area (Å²) in [6, 6.07) is 0.503. The molecule has 1 aliphatic heterocycles. The molecule has 0 aromatic carbocycles. The predicted octanol–water partition coefficient (Wildman–Crippen LogP) is 2.91. The Morgan fingerprint density at radius 2 is 1.65 bits per heavy atom. The van der Waals surface area contributed by atoms with Gasteiger partial charge < -0.3 is 10.0 Å². The van der Waals surface area contributed by atoms with E-state index in [-0.39, 0.29) is 23.9 Å². The van der Waals surface area contributed by atoms with Gasteiger partial charge >= 0.3 is 5.97 Å². The zero-order valence-corrected chi connectivity index (χ0v) is 12.8. The molecule has 0 aromatic rings. The van der Waals surface area contributed by atoms with Crippen molar-refractivity contribution < 1.29 is 14.7 Å². The van der Waals surface area contributed by atoms with Crippen LogP contribution >= 0.6 is 0 Å². The number of piperidine rings is 1. The first-order valence-corrected chi connectivity index (χ1v) is 8.00. The van der Waals surface area contributed by atoms with Crippen LogP contribution in [-0.4, -0.2) is 34.0 Å². The second-order valence-electron chi connectivity index (χ2n) is 6.67. The Morgan fingerprint density at radius 1 is 1.10 bits per heavy atom. The molecular weight excluding hydrogens is 254 g/mol. The molecule has 0 radical (unpaired) electrons. The fourth-order valence-corrected chi connectivity index (χ4v) is 4.07. The lowest BCUT2D eigenvalue weighted by molar-refractivity contribution is -0.152. The first-order valence-electron chi connectivity index (χ1n) is 8.00. The minimum absolute atomic E-state index is 0.0908. The van der Waals surface area contributed by atoms with Crippen molar-refractivity contribution in [2.45, 2.75) is 71.4 Å². The van der Waals surface area contributed by atoms with Crippen molar-refractivity contribution in [2.24, 2.45) is 17.8 Å². The highest BCUT2D eigenvalue weighted by molar-refractivity contribution is 5.86. The molecule has 1 N–H and O–H groups in total. The highest BCUT2D eigenvalue weighted by Crippen LogP contribution is 2.40. The Labute approximate surface area is 121 Å². The first-order chi connectivity index (χ1) is 9.45.